The summed E-state index contributed by atoms with van der Waals surface area (Å²) in [6.45, 7) is 1.03. The molecule has 0 saturated heterocycles. The average molecular weight is 311 g/mol. The molecule has 23 heavy (non-hydrogen) atoms. The molecule has 2 aromatic rings. The van der Waals surface area contributed by atoms with Gasteiger partial charge in [-0.05, 0) is 44.2 Å². The molecule has 2 aliphatic rings. The van der Waals surface area contributed by atoms with Crippen molar-refractivity contribution in [3.8, 4) is 11.4 Å². The van der Waals surface area contributed by atoms with Crippen LogP contribution in [0.4, 0.5) is 5.82 Å². The van der Waals surface area contributed by atoms with Crippen LogP contribution < -0.4 is 10.1 Å². The van der Waals surface area contributed by atoms with E-state index in [9.17, 15) is 0 Å². The Labute approximate surface area is 137 Å². The van der Waals surface area contributed by atoms with E-state index >= 15 is 0 Å². The fourth-order valence-electron chi connectivity index (χ4n) is 4.04. The standard InChI is InChI=1S/C19H25N3O/c1-23-17-12-5-4-11-16(17)22-19-15(10-6-7-13-20-19)18(21-22)14-8-2-3-9-14/h4-5,11-12,14,20H,2-3,6-10,13H2,1H3. The summed E-state index contributed by atoms with van der Waals surface area (Å²) in [4.78, 5) is 0. The van der Waals surface area contributed by atoms with E-state index < -0.39 is 0 Å². The molecule has 1 aliphatic heterocycles. The topological polar surface area (TPSA) is 39.1 Å². The van der Waals surface area contributed by atoms with Crippen molar-refractivity contribution in [2.45, 2.75) is 50.9 Å². The lowest BCUT2D eigenvalue weighted by molar-refractivity contribution is 0.411. The maximum absolute atomic E-state index is 5.57. The highest BCUT2D eigenvalue weighted by Crippen LogP contribution is 2.40. The van der Waals surface area contributed by atoms with Crippen molar-refractivity contribution in [3.63, 3.8) is 0 Å². The normalized spacial score (nSPS) is 18.3. The van der Waals surface area contributed by atoms with Crippen molar-refractivity contribution in [1.82, 2.24) is 9.78 Å². The highest BCUT2D eigenvalue weighted by Gasteiger charge is 2.28. The molecule has 1 saturated carbocycles. The van der Waals surface area contributed by atoms with Gasteiger partial charge in [-0.25, -0.2) is 4.68 Å². The predicted molar refractivity (Wildman–Crippen MR) is 92.8 cm³/mol. The Morgan fingerprint density at radius 2 is 1.96 bits per heavy atom. The largest absolute Gasteiger partial charge is 0.494 e. The monoisotopic (exact) mass is 311 g/mol. The first-order valence-corrected chi connectivity index (χ1v) is 8.87. The van der Waals surface area contributed by atoms with E-state index in [1.54, 1.807) is 7.11 Å². The molecule has 4 nitrogen and oxygen atoms in total. The molecular weight excluding hydrogens is 286 g/mol. The van der Waals surface area contributed by atoms with Gasteiger partial charge in [0.1, 0.15) is 17.3 Å². The minimum Gasteiger partial charge on any atom is -0.494 e. The molecule has 0 spiro atoms. The maximum Gasteiger partial charge on any atom is 0.144 e. The summed E-state index contributed by atoms with van der Waals surface area (Å²) < 4.78 is 7.66. The molecule has 4 heteroatoms. The van der Waals surface area contributed by atoms with Crippen molar-refractivity contribution in [1.29, 1.82) is 0 Å². The molecule has 0 atom stereocenters. The number of hydrogen-bond acceptors (Lipinski definition) is 3. The van der Waals surface area contributed by atoms with Crippen LogP contribution in [0.2, 0.25) is 0 Å². The van der Waals surface area contributed by atoms with E-state index in [2.05, 4.69) is 22.1 Å². The van der Waals surface area contributed by atoms with Crippen LogP contribution in [0.1, 0.15) is 55.7 Å². The second-order valence-electron chi connectivity index (χ2n) is 6.66. The van der Waals surface area contributed by atoms with E-state index in [4.69, 9.17) is 9.84 Å². The van der Waals surface area contributed by atoms with Crippen LogP contribution in [0.5, 0.6) is 5.75 Å². The van der Waals surface area contributed by atoms with E-state index in [1.807, 2.05) is 12.1 Å². The number of para-hydroxylation sites is 2. The smallest absolute Gasteiger partial charge is 0.144 e. The Morgan fingerprint density at radius 1 is 1.13 bits per heavy atom. The maximum atomic E-state index is 5.57. The summed E-state index contributed by atoms with van der Waals surface area (Å²) in [5.74, 6) is 2.70. The van der Waals surface area contributed by atoms with Crippen LogP contribution in [0.25, 0.3) is 5.69 Å². The zero-order valence-corrected chi connectivity index (χ0v) is 13.8. The Morgan fingerprint density at radius 3 is 2.78 bits per heavy atom. The third-order valence-electron chi connectivity index (χ3n) is 5.22. The van der Waals surface area contributed by atoms with Crippen LogP contribution in [-0.4, -0.2) is 23.4 Å². The number of methoxy groups -OCH3 is 1. The zero-order valence-electron chi connectivity index (χ0n) is 13.8. The number of rotatable bonds is 3. The summed E-state index contributed by atoms with van der Waals surface area (Å²) >= 11 is 0. The van der Waals surface area contributed by atoms with Gasteiger partial charge in [0.15, 0.2) is 0 Å². The lowest BCUT2D eigenvalue weighted by atomic mass is 9.97. The van der Waals surface area contributed by atoms with Gasteiger partial charge in [-0.2, -0.15) is 5.10 Å². The molecule has 1 N–H and O–H groups in total. The quantitative estimate of drug-likeness (QED) is 0.919. The number of hydrogen-bond donors (Lipinski definition) is 1. The molecule has 1 aromatic carbocycles. The van der Waals surface area contributed by atoms with Gasteiger partial charge in [0.2, 0.25) is 0 Å². The van der Waals surface area contributed by atoms with Gasteiger partial charge in [-0.1, -0.05) is 25.0 Å². The molecule has 1 aliphatic carbocycles. The summed E-state index contributed by atoms with van der Waals surface area (Å²) in [7, 11) is 1.73. The van der Waals surface area contributed by atoms with E-state index in [-0.39, 0.29) is 0 Å². The van der Waals surface area contributed by atoms with Crippen molar-refractivity contribution in [2.24, 2.45) is 0 Å². The number of anilines is 1. The number of ether oxygens (including phenoxy) is 1. The molecule has 122 valence electrons. The SMILES string of the molecule is COc1ccccc1-n1nc(C2CCCC2)c2c1NCCCC2. The first kappa shape index (κ1) is 14.6. The van der Waals surface area contributed by atoms with Gasteiger partial charge >= 0.3 is 0 Å². The second kappa shape index (κ2) is 6.26. The number of benzene rings is 1. The Bertz CT molecular complexity index is 686. The second-order valence-corrected chi connectivity index (χ2v) is 6.66. The molecule has 0 radical (unpaired) electrons. The Balaban J connectivity index is 1.86. The predicted octanol–water partition coefficient (Wildman–Crippen LogP) is 4.29. The number of fused-ring (bicyclic) bond motifs is 1. The Hall–Kier alpha value is -1.97. The number of aromatic nitrogens is 2. The Kier molecular flexibility index (Phi) is 3.98. The molecule has 2 heterocycles. The van der Waals surface area contributed by atoms with Crippen molar-refractivity contribution in [2.75, 3.05) is 19.0 Å². The summed E-state index contributed by atoms with van der Waals surface area (Å²) in [5, 5.41) is 8.70. The molecular formula is C19H25N3O. The zero-order chi connectivity index (χ0) is 15.6. The molecule has 1 aromatic heterocycles. The minimum atomic E-state index is 0.639. The average Bonchev–Trinajstić information content (AvgIpc) is 3.17. The van der Waals surface area contributed by atoms with Crippen LogP contribution in [0.3, 0.4) is 0 Å². The van der Waals surface area contributed by atoms with Crippen LogP contribution >= 0.6 is 0 Å². The number of nitrogens with zero attached hydrogens (tertiary/aromatic N) is 2. The van der Waals surface area contributed by atoms with E-state index in [1.165, 1.54) is 55.6 Å². The highest BCUT2D eigenvalue weighted by molar-refractivity contribution is 5.58. The van der Waals surface area contributed by atoms with Crippen LogP contribution in [0, 0.1) is 0 Å². The fourth-order valence-corrected chi connectivity index (χ4v) is 4.04. The van der Waals surface area contributed by atoms with E-state index in [0.717, 1.165) is 24.4 Å². The minimum absolute atomic E-state index is 0.639. The van der Waals surface area contributed by atoms with Crippen molar-refractivity contribution >= 4 is 5.82 Å². The third-order valence-corrected chi connectivity index (χ3v) is 5.22. The summed E-state index contributed by atoms with van der Waals surface area (Å²) in [5.41, 5.74) is 3.81. The molecule has 1 fully saturated rings. The van der Waals surface area contributed by atoms with Crippen LogP contribution in [0.15, 0.2) is 24.3 Å². The van der Waals surface area contributed by atoms with Gasteiger partial charge < -0.3 is 10.1 Å². The third kappa shape index (κ3) is 2.60. The lowest BCUT2D eigenvalue weighted by Gasteiger charge is -2.12. The molecule has 0 amide bonds. The number of nitrogens with one attached hydrogen (secondary N) is 1. The van der Waals surface area contributed by atoms with Crippen LogP contribution in [-0.2, 0) is 6.42 Å². The van der Waals surface area contributed by atoms with Gasteiger partial charge in [-0.3, -0.25) is 0 Å². The fraction of sp³-hybridized carbons (Fsp3) is 0.526. The molecule has 4 rings (SSSR count). The highest BCUT2D eigenvalue weighted by atomic mass is 16.5. The molecule has 0 bridgehead atoms. The van der Waals surface area contributed by atoms with Gasteiger partial charge in [-0.15, -0.1) is 0 Å². The first-order valence-electron chi connectivity index (χ1n) is 8.87. The van der Waals surface area contributed by atoms with Crippen molar-refractivity contribution in [3.05, 3.63) is 35.5 Å². The van der Waals surface area contributed by atoms with E-state index in [0.29, 0.717) is 5.92 Å². The summed E-state index contributed by atoms with van der Waals surface area (Å²) in [6, 6.07) is 8.17. The lowest BCUT2D eigenvalue weighted by Crippen LogP contribution is -2.08. The van der Waals surface area contributed by atoms with Gasteiger partial charge in [0.25, 0.3) is 0 Å². The summed E-state index contributed by atoms with van der Waals surface area (Å²) in [6.07, 6.45) is 8.87. The van der Waals surface area contributed by atoms with Gasteiger partial charge in [0, 0.05) is 18.0 Å². The van der Waals surface area contributed by atoms with Gasteiger partial charge in [0.05, 0.1) is 12.8 Å². The first-order chi connectivity index (χ1) is 11.4. The molecule has 0 unspecified atom stereocenters. The van der Waals surface area contributed by atoms with Crippen molar-refractivity contribution < 1.29 is 4.74 Å².